The highest BCUT2D eigenvalue weighted by Gasteiger charge is 2.42. The number of halogens is 7. The van der Waals surface area contributed by atoms with E-state index < -0.39 is 52.2 Å². The molecule has 0 saturated heterocycles. The Bertz CT molecular complexity index is 600. The zero-order valence-electron chi connectivity index (χ0n) is 11.4. The molecule has 1 aromatic rings. The Morgan fingerprint density at radius 2 is 1.41 bits per heavy atom. The van der Waals surface area contributed by atoms with Crippen LogP contribution in [-0.2, 0) is 6.18 Å². The molecular formula is C14H11F7O. The molecule has 8 heteroatoms. The van der Waals surface area contributed by atoms with E-state index in [-0.39, 0.29) is 0 Å². The van der Waals surface area contributed by atoms with Gasteiger partial charge in [0, 0.05) is 0 Å². The molecule has 0 bridgehead atoms. The number of aliphatic hydroxyl groups excluding tert-OH is 1. The fourth-order valence-corrected chi connectivity index (χ4v) is 1.88. The normalized spacial score (nSPS) is 14.7. The third-order valence-corrected chi connectivity index (χ3v) is 2.84. The number of allylic oxidation sites excluding steroid dienone is 2. The summed E-state index contributed by atoms with van der Waals surface area (Å²) in [6.45, 7) is 2.66. The van der Waals surface area contributed by atoms with Crippen LogP contribution >= 0.6 is 0 Å². The number of hydrogen-bond donors (Lipinski definition) is 1. The molecule has 22 heavy (non-hydrogen) atoms. The van der Waals surface area contributed by atoms with Gasteiger partial charge in [0.2, 0.25) is 0 Å². The van der Waals surface area contributed by atoms with Crippen LogP contribution in [0.4, 0.5) is 30.7 Å². The SMILES string of the molecule is C/C=C\C(O)/C(=C\C)c1c(F)c(F)c(C(F)(F)F)c(F)c1F. The minimum atomic E-state index is -5.60. The number of aliphatic hydroxyl groups is 1. The van der Waals surface area contributed by atoms with E-state index in [9.17, 15) is 35.8 Å². The van der Waals surface area contributed by atoms with Crippen LogP contribution in [0.25, 0.3) is 5.57 Å². The summed E-state index contributed by atoms with van der Waals surface area (Å²) in [7, 11) is 0. The summed E-state index contributed by atoms with van der Waals surface area (Å²) in [6, 6.07) is 0. The van der Waals surface area contributed by atoms with E-state index in [4.69, 9.17) is 0 Å². The molecule has 1 N–H and O–H groups in total. The van der Waals surface area contributed by atoms with E-state index in [1.807, 2.05) is 0 Å². The van der Waals surface area contributed by atoms with Crippen LogP contribution in [0.15, 0.2) is 18.2 Å². The van der Waals surface area contributed by atoms with Gasteiger partial charge in [-0.3, -0.25) is 0 Å². The molecule has 0 saturated carbocycles. The molecular weight excluding hydrogens is 317 g/mol. The van der Waals surface area contributed by atoms with Gasteiger partial charge in [0.1, 0.15) is 5.56 Å². The molecule has 1 rings (SSSR count). The van der Waals surface area contributed by atoms with Crippen molar-refractivity contribution in [2.75, 3.05) is 0 Å². The monoisotopic (exact) mass is 328 g/mol. The number of rotatable bonds is 3. The summed E-state index contributed by atoms with van der Waals surface area (Å²) in [4.78, 5) is 0. The highest BCUT2D eigenvalue weighted by Crippen LogP contribution is 2.39. The molecule has 1 aromatic carbocycles. The van der Waals surface area contributed by atoms with Crippen LogP contribution in [0, 0.1) is 23.3 Å². The second-order valence-corrected chi connectivity index (χ2v) is 4.22. The molecule has 0 radical (unpaired) electrons. The lowest BCUT2D eigenvalue weighted by Crippen LogP contribution is -2.19. The summed E-state index contributed by atoms with van der Waals surface area (Å²) < 4.78 is 92.1. The maximum absolute atomic E-state index is 13.8. The maximum atomic E-state index is 13.8. The molecule has 0 aliphatic heterocycles. The molecule has 0 amide bonds. The van der Waals surface area contributed by atoms with E-state index in [0.29, 0.717) is 0 Å². The predicted molar refractivity (Wildman–Crippen MR) is 65.7 cm³/mol. The van der Waals surface area contributed by atoms with Gasteiger partial charge in [-0.15, -0.1) is 0 Å². The maximum Gasteiger partial charge on any atom is 0.422 e. The molecule has 0 heterocycles. The third-order valence-electron chi connectivity index (χ3n) is 2.84. The van der Waals surface area contributed by atoms with Crippen molar-refractivity contribution in [2.24, 2.45) is 0 Å². The first-order chi connectivity index (χ1) is 10.1. The predicted octanol–water partition coefficient (Wildman–Crippen LogP) is 4.60. The fraction of sp³-hybridized carbons (Fsp3) is 0.286. The van der Waals surface area contributed by atoms with Gasteiger partial charge in [-0.1, -0.05) is 18.2 Å². The standard InChI is InChI=1S/C14H11F7O/c1-3-5-7(22)6(4-2)8-10(15)12(17)9(14(19,20)21)13(18)11(8)16/h3-5,7,22H,1-2H3/b5-3-,6-4+. The second kappa shape index (κ2) is 6.51. The van der Waals surface area contributed by atoms with Crippen LogP contribution in [0.5, 0.6) is 0 Å². The first-order valence-corrected chi connectivity index (χ1v) is 5.98. The van der Waals surface area contributed by atoms with Crippen molar-refractivity contribution in [3.05, 3.63) is 52.6 Å². The Balaban J connectivity index is 3.73. The summed E-state index contributed by atoms with van der Waals surface area (Å²) >= 11 is 0. The molecule has 0 fully saturated rings. The largest absolute Gasteiger partial charge is 0.422 e. The number of alkyl halides is 3. The van der Waals surface area contributed by atoms with Gasteiger partial charge >= 0.3 is 6.18 Å². The smallest absolute Gasteiger partial charge is 0.384 e. The van der Waals surface area contributed by atoms with Crippen LogP contribution in [0.3, 0.4) is 0 Å². The van der Waals surface area contributed by atoms with Gasteiger partial charge in [-0.05, 0) is 19.4 Å². The minimum absolute atomic E-state index is 0.598. The van der Waals surface area contributed by atoms with Crippen molar-refractivity contribution in [3.63, 3.8) is 0 Å². The van der Waals surface area contributed by atoms with E-state index >= 15 is 0 Å². The Kier molecular flexibility index (Phi) is 5.39. The molecule has 0 aliphatic rings. The molecule has 0 spiro atoms. The molecule has 0 aliphatic carbocycles. The zero-order valence-corrected chi connectivity index (χ0v) is 11.4. The van der Waals surface area contributed by atoms with Crippen molar-refractivity contribution in [2.45, 2.75) is 26.1 Å². The highest BCUT2D eigenvalue weighted by molar-refractivity contribution is 5.71. The van der Waals surface area contributed by atoms with Crippen LogP contribution in [0.2, 0.25) is 0 Å². The average Bonchev–Trinajstić information content (AvgIpc) is 2.40. The van der Waals surface area contributed by atoms with Crippen LogP contribution < -0.4 is 0 Å². The van der Waals surface area contributed by atoms with Gasteiger partial charge in [0.25, 0.3) is 0 Å². The summed E-state index contributed by atoms with van der Waals surface area (Å²) in [5.41, 5.74) is -4.63. The Morgan fingerprint density at radius 1 is 0.955 bits per heavy atom. The van der Waals surface area contributed by atoms with E-state index in [2.05, 4.69) is 0 Å². The minimum Gasteiger partial charge on any atom is -0.384 e. The van der Waals surface area contributed by atoms with E-state index in [1.165, 1.54) is 19.9 Å². The number of hydrogen-bond acceptors (Lipinski definition) is 1. The first kappa shape index (κ1) is 18.2. The lowest BCUT2D eigenvalue weighted by atomic mass is 9.96. The van der Waals surface area contributed by atoms with Crippen molar-refractivity contribution in [3.8, 4) is 0 Å². The van der Waals surface area contributed by atoms with E-state index in [1.54, 1.807) is 0 Å². The van der Waals surface area contributed by atoms with E-state index in [0.717, 1.165) is 12.2 Å². The average molecular weight is 328 g/mol. The third kappa shape index (κ3) is 3.16. The molecule has 1 unspecified atom stereocenters. The lowest BCUT2D eigenvalue weighted by Gasteiger charge is -2.17. The summed E-state index contributed by atoms with van der Waals surface area (Å²) in [6.07, 6.45) is -3.97. The lowest BCUT2D eigenvalue weighted by molar-refractivity contribution is -0.143. The zero-order chi connectivity index (χ0) is 17.2. The van der Waals surface area contributed by atoms with Gasteiger partial charge in [-0.25, -0.2) is 17.6 Å². The molecule has 0 aromatic heterocycles. The quantitative estimate of drug-likeness (QED) is 0.488. The molecule has 122 valence electrons. The summed E-state index contributed by atoms with van der Waals surface area (Å²) in [5, 5.41) is 9.67. The van der Waals surface area contributed by atoms with Crippen molar-refractivity contribution < 1.29 is 35.8 Å². The number of benzene rings is 1. The van der Waals surface area contributed by atoms with Gasteiger partial charge in [0.15, 0.2) is 23.3 Å². The van der Waals surface area contributed by atoms with Crippen molar-refractivity contribution in [1.82, 2.24) is 0 Å². The molecule has 1 nitrogen and oxygen atoms in total. The summed E-state index contributed by atoms with van der Waals surface area (Å²) in [5.74, 6) is -9.56. The second-order valence-electron chi connectivity index (χ2n) is 4.22. The highest BCUT2D eigenvalue weighted by atomic mass is 19.4. The molecule has 1 atom stereocenters. The Morgan fingerprint density at radius 3 is 1.73 bits per heavy atom. The first-order valence-electron chi connectivity index (χ1n) is 5.98. The van der Waals surface area contributed by atoms with Gasteiger partial charge in [-0.2, -0.15) is 13.2 Å². The van der Waals surface area contributed by atoms with Crippen molar-refractivity contribution in [1.29, 1.82) is 0 Å². The van der Waals surface area contributed by atoms with Crippen LogP contribution in [0.1, 0.15) is 25.0 Å². The van der Waals surface area contributed by atoms with Gasteiger partial charge in [0.05, 0.1) is 11.7 Å². The fourth-order valence-electron chi connectivity index (χ4n) is 1.88. The van der Waals surface area contributed by atoms with Gasteiger partial charge < -0.3 is 5.11 Å². The Hall–Kier alpha value is -1.83. The van der Waals surface area contributed by atoms with Crippen molar-refractivity contribution >= 4 is 5.57 Å². The topological polar surface area (TPSA) is 20.2 Å². The Labute approximate surface area is 121 Å². The van der Waals surface area contributed by atoms with Crippen LogP contribution in [-0.4, -0.2) is 11.2 Å².